The van der Waals surface area contributed by atoms with Crippen molar-refractivity contribution in [3.8, 4) is 0 Å². The first-order valence-corrected chi connectivity index (χ1v) is 9.37. The third kappa shape index (κ3) is 6.27. The smallest absolute Gasteiger partial charge is 0.407 e. The van der Waals surface area contributed by atoms with E-state index in [-0.39, 0.29) is 12.8 Å². The van der Waals surface area contributed by atoms with Gasteiger partial charge < -0.3 is 10.1 Å². The zero-order valence-corrected chi connectivity index (χ0v) is 16.2. The van der Waals surface area contributed by atoms with Gasteiger partial charge in [-0.15, -0.1) is 0 Å². The third-order valence-corrected chi connectivity index (χ3v) is 5.48. The minimum atomic E-state index is -2.67. The summed E-state index contributed by atoms with van der Waals surface area (Å²) in [7, 11) is -1.61. The molecular weight excluding hydrogens is 338 g/mol. The molecule has 24 heavy (non-hydrogen) atoms. The highest BCUT2D eigenvalue weighted by molar-refractivity contribution is 7.84. The minimum absolute atomic E-state index is 0.0196. The summed E-state index contributed by atoms with van der Waals surface area (Å²) in [5, 5.41) is 2.66. The molecule has 0 spiro atoms. The molecule has 1 aliphatic carbocycles. The Morgan fingerprint density at radius 2 is 1.83 bits per heavy atom. The second kappa shape index (κ2) is 7.64. The quantitative estimate of drug-likeness (QED) is 0.798. The Morgan fingerprint density at radius 1 is 1.25 bits per heavy atom. The van der Waals surface area contributed by atoms with E-state index in [9.17, 15) is 17.8 Å². The van der Waals surface area contributed by atoms with Gasteiger partial charge in [0, 0.05) is 6.04 Å². The molecule has 1 amide bonds. The fourth-order valence-electron chi connectivity index (χ4n) is 2.58. The Hall–Kier alpha value is -0.760. The molecule has 0 saturated heterocycles. The van der Waals surface area contributed by atoms with E-state index in [0.717, 1.165) is 0 Å². The molecule has 0 bridgehead atoms. The van der Waals surface area contributed by atoms with Crippen molar-refractivity contribution in [2.45, 2.75) is 95.6 Å². The number of hydrogen-bond donors (Lipinski definition) is 2. The van der Waals surface area contributed by atoms with Gasteiger partial charge in [0.1, 0.15) is 5.60 Å². The Labute approximate surface area is 145 Å². The van der Waals surface area contributed by atoms with Crippen LogP contribution in [0.4, 0.5) is 13.6 Å². The highest BCUT2D eigenvalue weighted by atomic mass is 32.2. The minimum Gasteiger partial charge on any atom is -0.444 e. The number of nitrogens with one attached hydrogen (secondary N) is 2. The lowest BCUT2D eigenvalue weighted by atomic mass is 9.80. The van der Waals surface area contributed by atoms with Gasteiger partial charge in [0.05, 0.1) is 21.3 Å². The van der Waals surface area contributed by atoms with E-state index in [1.807, 2.05) is 0 Å². The van der Waals surface area contributed by atoms with Crippen molar-refractivity contribution < 1.29 is 22.5 Å². The summed E-state index contributed by atoms with van der Waals surface area (Å²) in [6, 6.07) is -0.438. The number of halogens is 2. The topological polar surface area (TPSA) is 67.4 Å². The molecule has 0 heterocycles. The molecule has 8 heteroatoms. The normalized spacial score (nSPS) is 27.0. The first-order valence-electron chi connectivity index (χ1n) is 8.22. The van der Waals surface area contributed by atoms with Crippen LogP contribution in [0.25, 0.3) is 0 Å². The molecule has 0 aromatic rings. The van der Waals surface area contributed by atoms with Crippen LogP contribution in [-0.2, 0) is 15.7 Å². The van der Waals surface area contributed by atoms with Gasteiger partial charge in [-0.25, -0.2) is 22.5 Å². The molecular formula is C16H30F2N2O3S. The number of rotatable bonds is 4. The molecule has 0 aromatic heterocycles. The molecule has 0 aromatic carbocycles. The maximum atomic E-state index is 13.8. The van der Waals surface area contributed by atoms with Crippen molar-refractivity contribution in [2.24, 2.45) is 0 Å². The predicted octanol–water partition coefficient (Wildman–Crippen LogP) is 3.51. The van der Waals surface area contributed by atoms with Crippen LogP contribution in [0.3, 0.4) is 0 Å². The lowest BCUT2D eigenvalue weighted by Crippen LogP contribution is -2.60. The monoisotopic (exact) mass is 368 g/mol. The molecule has 1 saturated carbocycles. The zero-order valence-electron chi connectivity index (χ0n) is 15.4. The van der Waals surface area contributed by atoms with Gasteiger partial charge in [-0.3, -0.25) is 0 Å². The highest BCUT2D eigenvalue weighted by Crippen LogP contribution is 2.35. The second-order valence-corrected chi connectivity index (χ2v) is 10.3. The first-order chi connectivity index (χ1) is 10.8. The van der Waals surface area contributed by atoms with Gasteiger partial charge in [-0.2, -0.15) is 0 Å². The van der Waals surface area contributed by atoms with Gasteiger partial charge in [-0.1, -0.05) is 0 Å². The van der Waals surface area contributed by atoms with E-state index < -0.39 is 45.4 Å². The number of carbonyl (C=O) groups excluding carboxylic acids is 1. The SMILES string of the molecule is CC(C)(C)OC(=O)NC1CCCC(NS(=O)C(C)(C)C)(C(F)F)C1. The van der Waals surface area contributed by atoms with Crippen molar-refractivity contribution in [2.75, 3.05) is 0 Å². The molecule has 1 fully saturated rings. The second-order valence-electron chi connectivity index (χ2n) is 8.38. The Bertz CT molecular complexity index is 475. The number of alkyl carbamates (subject to hydrolysis) is 1. The summed E-state index contributed by atoms with van der Waals surface area (Å²) in [5.41, 5.74) is -2.21. The molecule has 0 radical (unpaired) electrons. The largest absolute Gasteiger partial charge is 0.444 e. The van der Waals surface area contributed by atoms with Gasteiger partial charge in [0.25, 0.3) is 6.43 Å². The van der Waals surface area contributed by atoms with Crippen LogP contribution in [0.15, 0.2) is 0 Å². The van der Waals surface area contributed by atoms with E-state index >= 15 is 0 Å². The molecule has 3 unspecified atom stereocenters. The predicted molar refractivity (Wildman–Crippen MR) is 91.4 cm³/mol. The highest BCUT2D eigenvalue weighted by Gasteiger charge is 2.46. The average molecular weight is 368 g/mol. The summed E-state index contributed by atoms with van der Waals surface area (Å²) in [4.78, 5) is 11.9. The maximum absolute atomic E-state index is 13.8. The van der Waals surface area contributed by atoms with Crippen LogP contribution in [0.1, 0.15) is 67.2 Å². The van der Waals surface area contributed by atoms with E-state index in [4.69, 9.17) is 4.74 Å². The van der Waals surface area contributed by atoms with Crippen molar-refractivity contribution in [3.05, 3.63) is 0 Å². The van der Waals surface area contributed by atoms with Crippen molar-refractivity contribution in [1.82, 2.24) is 10.0 Å². The average Bonchev–Trinajstić information content (AvgIpc) is 2.35. The zero-order chi connectivity index (χ0) is 18.8. The Morgan fingerprint density at radius 3 is 2.29 bits per heavy atom. The number of hydrogen-bond acceptors (Lipinski definition) is 3. The molecule has 2 N–H and O–H groups in total. The first kappa shape index (κ1) is 21.3. The molecule has 3 atom stereocenters. The van der Waals surface area contributed by atoms with Crippen molar-refractivity contribution in [3.63, 3.8) is 0 Å². The van der Waals surface area contributed by atoms with Gasteiger partial charge in [-0.05, 0) is 67.2 Å². The molecule has 1 rings (SSSR count). The standard InChI is InChI=1S/C16H30F2N2O3S/c1-14(2,3)23-13(21)19-11-8-7-9-16(10-11,12(17)18)20-24(22)15(4,5)6/h11-12,20H,7-10H2,1-6H3,(H,19,21). The number of amides is 1. The summed E-state index contributed by atoms with van der Waals surface area (Å²) < 4.78 is 47.0. The van der Waals surface area contributed by atoms with Crippen molar-refractivity contribution in [1.29, 1.82) is 0 Å². The van der Waals surface area contributed by atoms with Crippen LogP contribution < -0.4 is 10.0 Å². The fraction of sp³-hybridized carbons (Fsp3) is 0.938. The van der Waals surface area contributed by atoms with Gasteiger partial charge >= 0.3 is 6.09 Å². The van der Waals surface area contributed by atoms with Crippen molar-refractivity contribution >= 4 is 17.1 Å². The van der Waals surface area contributed by atoms with Crippen LogP contribution >= 0.6 is 0 Å². The van der Waals surface area contributed by atoms with E-state index in [1.54, 1.807) is 41.5 Å². The third-order valence-electron chi connectivity index (χ3n) is 3.78. The molecule has 142 valence electrons. The summed E-state index contributed by atoms with van der Waals surface area (Å²) >= 11 is 0. The van der Waals surface area contributed by atoms with Gasteiger partial charge in [0.15, 0.2) is 0 Å². The summed E-state index contributed by atoms with van der Waals surface area (Å²) in [6.07, 6.45) is -1.94. The number of ether oxygens (including phenoxy) is 1. The lowest BCUT2D eigenvalue weighted by Gasteiger charge is -2.42. The van der Waals surface area contributed by atoms with Gasteiger partial charge in [0.2, 0.25) is 0 Å². The van der Waals surface area contributed by atoms with E-state index in [2.05, 4.69) is 10.0 Å². The lowest BCUT2D eigenvalue weighted by molar-refractivity contribution is 0.00906. The summed E-state index contributed by atoms with van der Waals surface area (Å²) in [5.74, 6) is 0. The number of alkyl halides is 2. The summed E-state index contributed by atoms with van der Waals surface area (Å²) in [6.45, 7) is 10.4. The molecule has 1 aliphatic rings. The van der Waals surface area contributed by atoms with E-state index in [1.165, 1.54) is 0 Å². The van der Waals surface area contributed by atoms with Crippen LogP contribution in [0.5, 0.6) is 0 Å². The Balaban J connectivity index is 2.81. The van der Waals surface area contributed by atoms with Crippen LogP contribution in [0, 0.1) is 0 Å². The Kier molecular flexibility index (Phi) is 6.77. The molecule has 5 nitrogen and oxygen atoms in total. The van der Waals surface area contributed by atoms with Crippen LogP contribution in [-0.4, -0.2) is 38.7 Å². The number of carbonyl (C=O) groups is 1. The van der Waals surface area contributed by atoms with E-state index in [0.29, 0.717) is 12.8 Å². The maximum Gasteiger partial charge on any atom is 0.407 e. The fourth-order valence-corrected chi connectivity index (χ4v) is 3.53. The molecule has 0 aliphatic heterocycles. The van der Waals surface area contributed by atoms with Crippen LogP contribution in [0.2, 0.25) is 0 Å².